The van der Waals surface area contributed by atoms with Crippen LogP contribution in [-0.2, 0) is 9.47 Å². The summed E-state index contributed by atoms with van der Waals surface area (Å²) in [6.07, 6.45) is 3.27. The van der Waals surface area contributed by atoms with Crippen molar-refractivity contribution in [1.82, 2.24) is 5.32 Å². The molecule has 1 unspecified atom stereocenters. The number of hydrogen-bond acceptors (Lipinski definition) is 3. The third-order valence-electron chi connectivity index (χ3n) is 3.09. The normalized spacial score (nSPS) is 31.5. The molecule has 0 radical (unpaired) electrons. The van der Waals surface area contributed by atoms with E-state index in [0.29, 0.717) is 5.92 Å². The van der Waals surface area contributed by atoms with Crippen molar-refractivity contribution in [3.8, 4) is 0 Å². The van der Waals surface area contributed by atoms with E-state index < -0.39 is 0 Å². The fraction of sp³-hybridized carbons (Fsp3) is 1.00. The number of ether oxygens (including phenoxy) is 2. The molecule has 0 aromatic heterocycles. The fourth-order valence-electron chi connectivity index (χ4n) is 2.24. The summed E-state index contributed by atoms with van der Waals surface area (Å²) in [5, 5.41) is 3.36. The molecule has 14 heavy (non-hydrogen) atoms. The highest BCUT2D eigenvalue weighted by Gasteiger charge is 2.41. The molecule has 3 nitrogen and oxygen atoms in total. The van der Waals surface area contributed by atoms with Gasteiger partial charge in [-0.1, -0.05) is 13.8 Å². The molecule has 2 aliphatic heterocycles. The molecule has 3 heteroatoms. The van der Waals surface area contributed by atoms with Crippen LogP contribution >= 0.6 is 0 Å². The van der Waals surface area contributed by atoms with Gasteiger partial charge < -0.3 is 14.8 Å². The Labute approximate surface area is 86.2 Å². The molecular formula is C11H21NO2. The largest absolute Gasteiger partial charge is 0.350 e. The molecule has 0 bridgehead atoms. The lowest BCUT2D eigenvalue weighted by Crippen LogP contribution is -2.44. The molecule has 82 valence electrons. The van der Waals surface area contributed by atoms with Crippen LogP contribution in [0.25, 0.3) is 0 Å². The van der Waals surface area contributed by atoms with E-state index >= 15 is 0 Å². The third-order valence-corrected chi connectivity index (χ3v) is 3.09. The van der Waals surface area contributed by atoms with Gasteiger partial charge in [0, 0.05) is 6.42 Å². The number of hydrogen-bond donors (Lipinski definition) is 1. The lowest BCUT2D eigenvalue weighted by atomic mass is 9.94. The quantitative estimate of drug-likeness (QED) is 0.731. The Morgan fingerprint density at radius 1 is 1.36 bits per heavy atom. The summed E-state index contributed by atoms with van der Waals surface area (Å²) in [4.78, 5) is 0. The Kier molecular flexibility index (Phi) is 3.10. The first-order valence-corrected chi connectivity index (χ1v) is 5.70. The van der Waals surface area contributed by atoms with E-state index in [9.17, 15) is 0 Å². The van der Waals surface area contributed by atoms with Crippen LogP contribution in [0.4, 0.5) is 0 Å². The average molecular weight is 199 g/mol. The summed E-state index contributed by atoms with van der Waals surface area (Å²) < 4.78 is 11.7. The molecule has 1 spiro atoms. The Morgan fingerprint density at radius 3 is 2.71 bits per heavy atom. The molecule has 0 amide bonds. The molecule has 2 heterocycles. The summed E-state index contributed by atoms with van der Waals surface area (Å²) in [7, 11) is 0. The van der Waals surface area contributed by atoms with Crippen molar-refractivity contribution < 1.29 is 9.47 Å². The first-order valence-electron chi connectivity index (χ1n) is 5.70. The van der Waals surface area contributed by atoms with Gasteiger partial charge in [-0.3, -0.25) is 0 Å². The summed E-state index contributed by atoms with van der Waals surface area (Å²) in [5.41, 5.74) is 0.0464. The summed E-state index contributed by atoms with van der Waals surface area (Å²) in [5.74, 6) is 0.650. The van der Waals surface area contributed by atoms with Gasteiger partial charge in [-0.15, -0.1) is 0 Å². The standard InChI is InChI=1S/C11H21NO2/c1-9(2)7-10-13-8-11(14-10)3-5-12-6-4-11/h9-10,12H,3-8H2,1-2H3. The summed E-state index contributed by atoms with van der Waals surface area (Å²) in [6.45, 7) is 7.35. The van der Waals surface area contributed by atoms with Crippen LogP contribution in [0.15, 0.2) is 0 Å². The van der Waals surface area contributed by atoms with Gasteiger partial charge in [-0.05, 0) is 31.8 Å². The van der Waals surface area contributed by atoms with E-state index in [-0.39, 0.29) is 11.9 Å². The minimum Gasteiger partial charge on any atom is -0.350 e. The van der Waals surface area contributed by atoms with E-state index in [1.54, 1.807) is 0 Å². The Bertz CT molecular complexity index is 188. The Balaban J connectivity index is 1.86. The topological polar surface area (TPSA) is 30.5 Å². The highest BCUT2D eigenvalue weighted by atomic mass is 16.7. The molecule has 2 saturated heterocycles. The van der Waals surface area contributed by atoms with Crippen LogP contribution in [0.2, 0.25) is 0 Å². The van der Waals surface area contributed by atoms with E-state index in [1.165, 1.54) is 0 Å². The van der Waals surface area contributed by atoms with Crippen molar-refractivity contribution >= 4 is 0 Å². The van der Waals surface area contributed by atoms with Gasteiger partial charge >= 0.3 is 0 Å². The molecule has 1 N–H and O–H groups in total. The average Bonchev–Trinajstić information content (AvgIpc) is 2.49. The second kappa shape index (κ2) is 4.17. The van der Waals surface area contributed by atoms with Crippen molar-refractivity contribution in [1.29, 1.82) is 0 Å². The lowest BCUT2D eigenvalue weighted by Gasteiger charge is -2.31. The molecule has 0 aromatic rings. The number of nitrogens with one attached hydrogen (secondary N) is 1. The van der Waals surface area contributed by atoms with Gasteiger partial charge in [0.15, 0.2) is 6.29 Å². The van der Waals surface area contributed by atoms with Gasteiger partial charge in [-0.25, -0.2) is 0 Å². The Morgan fingerprint density at radius 2 is 2.07 bits per heavy atom. The molecule has 2 aliphatic rings. The molecule has 2 rings (SSSR count). The van der Waals surface area contributed by atoms with Gasteiger partial charge in [0.25, 0.3) is 0 Å². The van der Waals surface area contributed by atoms with E-state index in [0.717, 1.165) is 39.0 Å². The second-order valence-corrected chi connectivity index (χ2v) is 4.92. The van der Waals surface area contributed by atoms with Crippen LogP contribution in [0.5, 0.6) is 0 Å². The predicted molar refractivity (Wildman–Crippen MR) is 55.1 cm³/mol. The SMILES string of the molecule is CC(C)CC1OCC2(CCNCC2)O1. The van der Waals surface area contributed by atoms with E-state index in [4.69, 9.17) is 9.47 Å². The molecule has 0 aromatic carbocycles. The summed E-state index contributed by atoms with van der Waals surface area (Å²) in [6, 6.07) is 0. The van der Waals surface area contributed by atoms with Crippen LogP contribution in [0.3, 0.4) is 0 Å². The number of rotatable bonds is 2. The summed E-state index contributed by atoms with van der Waals surface area (Å²) >= 11 is 0. The van der Waals surface area contributed by atoms with Gasteiger partial charge in [0.1, 0.15) is 0 Å². The zero-order valence-electron chi connectivity index (χ0n) is 9.21. The van der Waals surface area contributed by atoms with Crippen LogP contribution < -0.4 is 5.32 Å². The van der Waals surface area contributed by atoms with Crippen LogP contribution in [0.1, 0.15) is 33.1 Å². The van der Waals surface area contributed by atoms with Crippen molar-refractivity contribution in [2.75, 3.05) is 19.7 Å². The molecule has 0 saturated carbocycles. The first-order chi connectivity index (χ1) is 6.70. The van der Waals surface area contributed by atoms with Crippen molar-refractivity contribution in [3.63, 3.8) is 0 Å². The zero-order valence-corrected chi connectivity index (χ0v) is 9.21. The molecular weight excluding hydrogens is 178 g/mol. The lowest BCUT2D eigenvalue weighted by molar-refractivity contribution is -0.106. The predicted octanol–water partition coefficient (Wildman–Crippen LogP) is 1.53. The minimum absolute atomic E-state index is 0.0464. The maximum absolute atomic E-state index is 6.04. The number of piperidine rings is 1. The molecule has 1 atom stereocenters. The maximum Gasteiger partial charge on any atom is 0.158 e. The monoisotopic (exact) mass is 199 g/mol. The van der Waals surface area contributed by atoms with E-state index in [2.05, 4.69) is 19.2 Å². The van der Waals surface area contributed by atoms with Crippen molar-refractivity contribution in [2.24, 2.45) is 5.92 Å². The van der Waals surface area contributed by atoms with Gasteiger partial charge in [-0.2, -0.15) is 0 Å². The zero-order chi connectivity index (χ0) is 10.0. The van der Waals surface area contributed by atoms with Crippen molar-refractivity contribution in [2.45, 2.75) is 45.0 Å². The second-order valence-electron chi connectivity index (χ2n) is 4.92. The van der Waals surface area contributed by atoms with Crippen molar-refractivity contribution in [3.05, 3.63) is 0 Å². The molecule has 2 fully saturated rings. The third kappa shape index (κ3) is 2.27. The highest BCUT2D eigenvalue weighted by Crippen LogP contribution is 2.33. The van der Waals surface area contributed by atoms with Gasteiger partial charge in [0.2, 0.25) is 0 Å². The van der Waals surface area contributed by atoms with E-state index in [1.807, 2.05) is 0 Å². The van der Waals surface area contributed by atoms with Gasteiger partial charge in [0.05, 0.1) is 12.2 Å². The minimum atomic E-state index is 0.0464. The first kappa shape index (κ1) is 10.4. The fourth-order valence-corrected chi connectivity index (χ4v) is 2.24. The molecule has 0 aliphatic carbocycles. The van der Waals surface area contributed by atoms with Crippen LogP contribution in [-0.4, -0.2) is 31.6 Å². The smallest absolute Gasteiger partial charge is 0.158 e. The highest BCUT2D eigenvalue weighted by molar-refractivity contribution is 4.89. The Hall–Kier alpha value is -0.120. The van der Waals surface area contributed by atoms with Crippen LogP contribution in [0, 0.1) is 5.92 Å². The maximum atomic E-state index is 6.04.